The Hall–Kier alpha value is -1.56. The van der Waals surface area contributed by atoms with Crippen LogP contribution >= 0.6 is 23.2 Å². The van der Waals surface area contributed by atoms with E-state index in [-0.39, 0.29) is 26.3 Å². The van der Waals surface area contributed by atoms with E-state index < -0.39 is 15.8 Å². The Morgan fingerprint density at radius 1 is 1.05 bits per heavy atom. The van der Waals surface area contributed by atoms with Crippen molar-refractivity contribution < 1.29 is 17.9 Å². The van der Waals surface area contributed by atoms with Crippen molar-refractivity contribution >= 4 is 39.0 Å². The molecule has 0 aliphatic heterocycles. The molecule has 116 valence electrons. The minimum Gasteiger partial charge on any atom is -0.421 e. The molecule has 0 aliphatic carbocycles. The summed E-state index contributed by atoms with van der Waals surface area (Å²) in [5, 5.41) is 0.337. The van der Waals surface area contributed by atoms with Crippen LogP contribution in [0.4, 0.5) is 0 Å². The van der Waals surface area contributed by atoms with E-state index in [0.29, 0.717) is 0 Å². The Bertz CT molecular complexity index is 845. The summed E-state index contributed by atoms with van der Waals surface area (Å²) in [6, 6.07) is 8.93. The molecule has 7 heteroatoms. The van der Waals surface area contributed by atoms with Gasteiger partial charge in [0.15, 0.2) is 9.84 Å². The fourth-order valence-corrected chi connectivity index (χ4v) is 3.22. The summed E-state index contributed by atoms with van der Waals surface area (Å²) >= 11 is 11.8. The van der Waals surface area contributed by atoms with E-state index in [9.17, 15) is 13.2 Å². The summed E-state index contributed by atoms with van der Waals surface area (Å²) in [5.74, 6) is -0.503. The monoisotopic (exact) mass is 358 g/mol. The van der Waals surface area contributed by atoms with Crippen molar-refractivity contribution in [3.05, 3.63) is 57.6 Å². The predicted molar refractivity (Wildman–Crippen MR) is 85.7 cm³/mol. The van der Waals surface area contributed by atoms with E-state index in [2.05, 4.69) is 0 Å². The number of rotatable bonds is 3. The number of carbonyl (C=O) groups is 1. The lowest BCUT2D eigenvalue weighted by Gasteiger charge is -2.09. The van der Waals surface area contributed by atoms with Crippen LogP contribution in [-0.2, 0) is 9.84 Å². The number of halogens is 2. The quantitative estimate of drug-likeness (QED) is 0.616. The molecule has 0 bridgehead atoms. The Morgan fingerprint density at radius 2 is 1.68 bits per heavy atom. The average Bonchev–Trinajstić information content (AvgIpc) is 2.42. The summed E-state index contributed by atoms with van der Waals surface area (Å²) in [5.41, 5.74) is 0.947. The standard InChI is InChI=1S/C15H12Cl2O4S/c1-9-3-5-11(16)13(7-9)21-15(18)10-4-6-12(17)14(8-10)22(2,19)20/h3-8H,1-2H3. The fourth-order valence-electron chi connectivity index (χ4n) is 1.76. The summed E-state index contributed by atoms with van der Waals surface area (Å²) in [4.78, 5) is 12.0. The van der Waals surface area contributed by atoms with Crippen molar-refractivity contribution in [3.63, 3.8) is 0 Å². The molecule has 0 unspecified atom stereocenters. The van der Waals surface area contributed by atoms with Gasteiger partial charge in [-0.3, -0.25) is 0 Å². The van der Waals surface area contributed by atoms with Crippen LogP contribution in [0.25, 0.3) is 0 Å². The van der Waals surface area contributed by atoms with Gasteiger partial charge in [-0.2, -0.15) is 0 Å². The van der Waals surface area contributed by atoms with Crippen molar-refractivity contribution in [2.24, 2.45) is 0 Å². The third kappa shape index (κ3) is 3.80. The molecular formula is C15H12Cl2O4S. The zero-order valence-corrected chi connectivity index (χ0v) is 14.1. The summed E-state index contributed by atoms with van der Waals surface area (Å²) in [6.07, 6.45) is 1.01. The zero-order valence-electron chi connectivity index (χ0n) is 11.8. The first-order valence-electron chi connectivity index (χ1n) is 6.16. The Kier molecular flexibility index (Phi) is 4.80. The van der Waals surface area contributed by atoms with Crippen LogP contribution in [0.5, 0.6) is 5.75 Å². The van der Waals surface area contributed by atoms with E-state index in [0.717, 1.165) is 11.8 Å². The van der Waals surface area contributed by atoms with Gasteiger partial charge in [-0.1, -0.05) is 29.3 Å². The number of hydrogen-bond acceptors (Lipinski definition) is 4. The van der Waals surface area contributed by atoms with Gasteiger partial charge in [-0.15, -0.1) is 0 Å². The number of carbonyl (C=O) groups excluding carboxylic acids is 1. The molecule has 0 atom stereocenters. The Labute approximate surface area is 138 Å². The number of ether oxygens (including phenoxy) is 1. The third-order valence-electron chi connectivity index (χ3n) is 2.86. The van der Waals surface area contributed by atoms with Crippen molar-refractivity contribution in [1.29, 1.82) is 0 Å². The average molecular weight is 359 g/mol. The van der Waals surface area contributed by atoms with Crippen LogP contribution in [0.1, 0.15) is 15.9 Å². The molecule has 0 fully saturated rings. The highest BCUT2D eigenvalue weighted by molar-refractivity contribution is 7.90. The summed E-state index contributed by atoms with van der Waals surface area (Å²) < 4.78 is 28.5. The highest BCUT2D eigenvalue weighted by atomic mass is 35.5. The molecule has 2 rings (SSSR count). The van der Waals surface area contributed by atoms with E-state index in [1.807, 2.05) is 6.92 Å². The van der Waals surface area contributed by atoms with Gasteiger partial charge in [0.2, 0.25) is 0 Å². The molecule has 0 saturated heterocycles. The molecule has 0 saturated carbocycles. The SMILES string of the molecule is Cc1ccc(Cl)c(OC(=O)c2ccc(Cl)c(S(C)(=O)=O)c2)c1. The van der Waals surface area contributed by atoms with E-state index in [1.54, 1.807) is 18.2 Å². The lowest BCUT2D eigenvalue weighted by molar-refractivity contribution is 0.0734. The summed E-state index contributed by atoms with van der Waals surface area (Å²) in [6.45, 7) is 1.83. The maximum atomic E-state index is 12.1. The van der Waals surface area contributed by atoms with Gasteiger partial charge in [0.05, 0.1) is 20.5 Å². The second-order valence-corrected chi connectivity index (χ2v) is 7.54. The van der Waals surface area contributed by atoms with Crippen LogP contribution in [0, 0.1) is 6.92 Å². The smallest absolute Gasteiger partial charge is 0.343 e. The van der Waals surface area contributed by atoms with E-state index in [4.69, 9.17) is 27.9 Å². The van der Waals surface area contributed by atoms with Crippen molar-refractivity contribution in [3.8, 4) is 5.75 Å². The van der Waals surface area contributed by atoms with Gasteiger partial charge in [0.25, 0.3) is 0 Å². The molecule has 0 aromatic heterocycles. The van der Waals surface area contributed by atoms with Crippen LogP contribution in [-0.4, -0.2) is 20.6 Å². The van der Waals surface area contributed by atoms with E-state index >= 15 is 0 Å². The molecule has 0 N–H and O–H groups in total. The second kappa shape index (κ2) is 6.28. The molecule has 0 amide bonds. The maximum absolute atomic E-state index is 12.1. The molecule has 0 spiro atoms. The highest BCUT2D eigenvalue weighted by Crippen LogP contribution is 2.27. The van der Waals surface area contributed by atoms with Crippen molar-refractivity contribution in [1.82, 2.24) is 0 Å². The summed E-state index contributed by atoms with van der Waals surface area (Å²) in [7, 11) is -3.54. The number of sulfone groups is 1. The first-order chi connectivity index (χ1) is 10.2. The third-order valence-corrected chi connectivity index (χ3v) is 4.75. The molecule has 0 heterocycles. The first-order valence-corrected chi connectivity index (χ1v) is 8.81. The van der Waals surface area contributed by atoms with Gasteiger partial charge in [0.1, 0.15) is 5.75 Å². The Balaban J connectivity index is 2.36. The normalized spacial score (nSPS) is 11.3. The lowest BCUT2D eigenvalue weighted by Crippen LogP contribution is -2.10. The number of esters is 1. The topological polar surface area (TPSA) is 60.4 Å². The number of hydrogen-bond donors (Lipinski definition) is 0. The van der Waals surface area contributed by atoms with Crippen LogP contribution in [0.15, 0.2) is 41.3 Å². The minimum absolute atomic E-state index is 0.0487. The van der Waals surface area contributed by atoms with Crippen LogP contribution < -0.4 is 4.74 Å². The molecule has 0 aliphatic rings. The second-order valence-electron chi connectivity index (χ2n) is 4.74. The van der Waals surface area contributed by atoms with Gasteiger partial charge in [0, 0.05) is 6.26 Å². The van der Waals surface area contributed by atoms with Gasteiger partial charge < -0.3 is 4.74 Å². The molecule has 2 aromatic rings. The van der Waals surface area contributed by atoms with Crippen LogP contribution in [0.3, 0.4) is 0 Å². The van der Waals surface area contributed by atoms with Gasteiger partial charge in [-0.25, -0.2) is 13.2 Å². The lowest BCUT2D eigenvalue weighted by atomic mass is 10.2. The minimum atomic E-state index is -3.54. The maximum Gasteiger partial charge on any atom is 0.343 e. The molecule has 0 radical (unpaired) electrons. The largest absolute Gasteiger partial charge is 0.421 e. The van der Waals surface area contributed by atoms with Gasteiger partial charge >= 0.3 is 5.97 Å². The first kappa shape index (κ1) is 16.8. The predicted octanol–water partition coefficient (Wildman–Crippen LogP) is 3.92. The number of aryl methyl sites for hydroxylation is 1. The highest BCUT2D eigenvalue weighted by Gasteiger charge is 2.17. The van der Waals surface area contributed by atoms with Crippen molar-refractivity contribution in [2.45, 2.75) is 11.8 Å². The molecule has 4 nitrogen and oxygen atoms in total. The fraction of sp³-hybridized carbons (Fsp3) is 0.133. The molecule has 22 heavy (non-hydrogen) atoms. The van der Waals surface area contributed by atoms with Crippen LogP contribution in [0.2, 0.25) is 10.0 Å². The number of benzene rings is 2. The van der Waals surface area contributed by atoms with Crippen molar-refractivity contribution in [2.75, 3.05) is 6.26 Å². The molecule has 2 aromatic carbocycles. The Morgan fingerprint density at radius 3 is 2.32 bits per heavy atom. The molecular weight excluding hydrogens is 347 g/mol. The van der Waals surface area contributed by atoms with E-state index in [1.165, 1.54) is 18.2 Å². The van der Waals surface area contributed by atoms with Gasteiger partial charge in [-0.05, 0) is 42.8 Å². The zero-order chi connectivity index (χ0) is 16.5.